The Hall–Kier alpha value is -12.4. The summed E-state index contributed by atoms with van der Waals surface area (Å²) < 4.78 is 11.4. The van der Waals surface area contributed by atoms with Crippen molar-refractivity contribution < 1.29 is 131 Å². The molecule has 0 saturated carbocycles. The van der Waals surface area contributed by atoms with Crippen LogP contribution in [0.3, 0.4) is 0 Å². The van der Waals surface area contributed by atoms with Crippen LogP contribution in [0.4, 0.5) is 5.69 Å². The van der Waals surface area contributed by atoms with Crippen LogP contribution in [-0.4, -0.2) is 249 Å². The lowest BCUT2D eigenvalue weighted by atomic mass is 9.96. The highest BCUT2D eigenvalue weighted by Crippen LogP contribution is 2.19. The Labute approximate surface area is 646 Å². The average molecular weight is 1600 g/mol. The average Bonchev–Trinajstić information content (AvgIpc) is 0.847. The molecule has 113 heavy (non-hydrogen) atoms. The molecule has 1 heterocycles. The van der Waals surface area contributed by atoms with Gasteiger partial charge in [-0.3, -0.25) is 91.1 Å². The van der Waals surface area contributed by atoms with Crippen LogP contribution < -0.4 is 91.1 Å². The summed E-state index contributed by atoms with van der Waals surface area (Å²) in [4.78, 5) is 272. The minimum Gasteiger partial charge on any atom is -0.491 e. The third-order valence-corrected chi connectivity index (χ3v) is 16.9. The zero-order valence-corrected chi connectivity index (χ0v) is 62.5. The summed E-state index contributed by atoms with van der Waals surface area (Å²) in [5, 5.41) is 77.5. The molecule has 43 nitrogen and oxygen atoms in total. The first kappa shape index (κ1) is 94.8. The van der Waals surface area contributed by atoms with E-state index < -0.39 is 268 Å². The maximum atomic E-state index is 14.8. The summed E-state index contributed by atoms with van der Waals surface area (Å²) in [6, 6.07) is -9.75. The number of aliphatic hydroxyl groups is 1. The fourth-order valence-corrected chi connectivity index (χ4v) is 10.9. The van der Waals surface area contributed by atoms with Crippen molar-refractivity contribution in [2.45, 2.75) is 203 Å². The number of benzene rings is 2. The molecule has 0 aromatic heterocycles. The van der Waals surface area contributed by atoms with E-state index in [1.54, 1.807) is 18.2 Å². The monoisotopic (exact) mass is 1600 g/mol. The van der Waals surface area contributed by atoms with Crippen molar-refractivity contribution in [1.82, 2.24) is 69.1 Å². The van der Waals surface area contributed by atoms with E-state index in [2.05, 4.69) is 60.1 Å². The molecule has 0 unspecified atom stereocenters. The van der Waals surface area contributed by atoms with Gasteiger partial charge in [0.25, 0.3) is 0 Å². The van der Waals surface area contributed by atoms with Crippen LogP contribution in [-0.2, 0) is 95.8 Å². The van der Waals surface area contributed by atoms with Crippen molar-refractivity contribution in [3.8, 4) is 5.75 Å². The zero-order valence-electron chi connectivity index (χ0n) is 62.5. The molecule has 1 fully saturated rings. The molecule has 13 atom stereocenters. The number of Topliss-reactive ketones (excluding diaryl/α,β-unsaturated/α-hetero) is 1. The number of nitrogens with one attached hydrogen (secondary N) is 13. The molecular weight excluding hydrogens is 1500 g/mol. The molecule has 0 aliphatic carbocycles. The number of aliphatic carboxylic acids is 4. The molecular formula is C70H100N16O27. The third-order valence-electron chi connectivity index (χ3n) is 16.9. The minimum absolute atomic E-state index is 0.0489. The number of hydrogen-bond acceptors (Lipinski definition) is 25. The molecule has 622 valence electrons. The molecule has 0 spiro atoms. The number of primary amides is 1. The summed E-state index contributed by atoms with van der Waals surface area (Å²) >= 11 is 0. The Morgan fingerprint density at radius 1 is 0.540 bits per heavy atom. The van der Waals surface area contributed by atoms with E-state index in [-0.39, 0.29) is 36.4 Å². The topological polar surface area (TPSA) is 695 Å². The second-order valence-corrected chi connectivity index (χ2v) is 26.3. The molecule has 0 bridgehead atoms. The lowest BCUT2D eigenvalue weighted by Crippen LogP contribution is -2.62. The molecule has 24 N–H and O–H groups in total. The Kier molecular flexibility index (Phi) is 41.1. The van der Waals surface area contributed by atoms with Gasteiger partial charge in [0, 0.05) is 24.1 Å². The fraction of sp³-hybridized carbons (Fsp3) is 0.543. The number of ketones is 1. The predicted molar refractivity (Wildman–Crippen MR) is 390 cm³/mol. The Morgan fingerprint density at radius 2 is 1.06 bits per heavy atom. The number of carbonyl (C=O) groups excluding carboxylic acids is 16. The minimum atomic E-state index is -2.45. The summed E-state index contributed by atoms with van der Waals surface area (Å²) in [7, 11) is 0. The van der Waals surface area contributed by atoms with Gasteiger partial charge in [-0.1, -0.05) is 82.7 Å². The number of rotatable bonds is 36. The van der Waals surface area contributed by atoms with Crippen molar-refractivity contribution in [3.63, 3.8) is 0 Å². The lowest BCUT2D eigenvalue weighted by molar-refractivity contribution is -0.156. The number of unbranched alkanes of at least 4 members (excludes halogenated alkanes) is 6. The van der Waals surface area contributed by atoms with Crippen molar-refractivity contribution in [3.05, 3.63) is 60.2 Å². The molecule has 2 aromatic rings. The van der Waals surface area contributed by atoms with E-state index in [0.29, 0.717) is 12.8 Å². The standard InChI is InChI=1S/C70H100N16O27/c1-5-6-7-8-9-10-14-23-51(90)79-48(34-112-38-18-12-11-13-19-38)67(108)81-42(27-50(73)89)64(105)83-45(30-57(99)100)65(106)86-59-37(4)113-70(111)46(26-49(88)39-20-15-16-21-40(39)72)84-69(110)58(35(2)25-54(93)94)85-66(107)47(33-87)78-53(92)31-74-61(102)43(28-55(95)96)80-60(101)36(3)76-63(104)44(29-56(97)98)82-62(103)41(22-17-24-71)77-52(91)32-75-68(59)109/h11-13,15-16,18-21,35-37,41-48,58-59,87H,5-10,14,17,22-34,71-72H2,1-4H3,(H2,73,89)(H,74,102)(H,75,109)(H,76,104)(H,77,91)(H,78,92)(H,79,90)(H,80,101)(H,81,108)(H,82,103)(H,83,105)(H,84,110)(H,85,107)(H,86,106)(H,93,94)(H,95,96)(H,97,98)(H,99,100)/t35-,36-,37-,41+,42-,43+,44+,45+,46+,47-,48+,58+,59+/m1/s1. The highest BCUT2D eigenvalue weighted by atomic mass is 16.5. The first-order valence-electron chi connectivity index (χ1n) is 36.0. The first-order chi connectivity index (χ1) is 53.4. The van der Waals surface area contributed by atoms with Crippen molar-refractivity contribution in [2.24, 2.45) is 17.4 Å². The first-order valence-corrected chi connectivity index (χ1v) is 36.0. The summed E-state index contributed by atoms with van der Waals surface area (Å²) in [5.74, 6) is -29.8. The number of ether oxygens (including phenoxy) is 2. The summed E-state index contributed by atoms with van der Waals surface area (Å²) in [6.45, 7) is 0.512. The van der Waals surface area contributed by atoms with E-state index in [4.69, 9.17) is 26.7 Å². The van der Waals surface area contributed by atoms with Crippen LogP contribution >= 0.6 is 0 Å². The highest BCUT2D eigenvalue weighted by Gasteiger charge is 2.41. The van der Waals surface area contributed by atoms with E-state index in [9.17, 15) is 121 Å². The number of nitrogens with two attached hydrogens (primary N) is 3. The van der Waals surface area contributed by atoms with Crippen LogP contribution in [0.5, 0.6) is 5.75 Å². The second-order valence-electron chi connectivity index (χ2n) is 26.3. The van der Waals surface area contributed by atoms with Gasteiger partial charge in [0.15, 0.2) is 5.78 Å². The number of para-hydroxylation sites is 2. The van der Waals surface area contributed by atoms with Crippen molar-refractivity contribution in [1.29, 1.82) is 0 Å². The van der Waals surface area contributed by atoms with Gasteiger partial charge in [-0.15, -0.1) is 0 Å². The van der Waals surface area contributed by atoms with E-state index in [0.717, 1.165) is 52.9 Å². The quantitative estimate of drug-likeness (QED) is 0.0131. The van der Waals surface area contributed by atoms with Gasteiger partial charge >= 0.3 is 29.8 Å². The Bertz CT molecular complexity index is 3740. The van der Waals surface area contributed by atoms with Gasteiger partial charge in [0.2, 0.25) is 82.7 Å². The van der Waals surface area contributed by atoms with Crippen LogP contribution in [0.25, 0.3) is 0 Å². The fourth-order valence-electron chi connectivity index (χ4n) is 10.9. The highest BCUT2D eigenvalue weighted by molar-refractivity contribution is 6.05. The van der Waals surface area contributed by atoms with Gasteiger partial charge in [-0.25, -0.2) is 4.79 Å². The van der Waals surface area contributed by atoms with Crippen molar-refractivity contribution >= 4 is 124 Å². The molecule has 1 saturated heterocycles. The maximum absolute atomic E-state index is 14.8. The van der Waals surface area contributed by atoms with Gasteiger partial charge in [-0.2, -0.15) is 0 Å². The molecule has 14 amide bonds. The Morgan fingerprint density at radius 3 is 1.64 bits per heavy atom. The molecule has 0 radical (unpaired) electrons. The number of aliphatic hydroxyl groups excluding tert-OH is 1. The zero-order chi connectivity index (χ0) is 84.6. The second kappa shape index (κ2) is 49.0. The van der Waals surface area contributed by atoms with Crippen LogP contribution in [0.15, 0.2) is 54.6 Å². The summed E-state index contributed by atoms with van der Waals surface area (Å²) in [5.41, 5.74) is 16.8. The number of carbonyl (C=O) groups is 20. The number of carboxylic acid groups (broad SMARTS) is 4. The number of esters is 1. The molecule has 43 heteroatoms. The number of anilines is 1. The largest absolute Gasteiger partial charge is 0.491 e. The van der Waals surface area contributed by atoms with E-state index in [1.165, 1.54) is 36.4 Å². The van der Waals surface area contributed by atoms with E-state index >= 15 is 0 Å². The van der Waals surface area contributed by atoms with E-state index in [1.807, 2.05) is 16.0 Å². The van der Waals surface area contributed by atoms with Crippen molar-refractivity contribution in [2.75, 3.05) is 38.6 Å². The molecule has 1 aliphatic rings. The normalized spacial score (nSPS) is 21.2. The number of cyclic esters (lactones) is 1. The van der Waals surface area contributed by atoms with Crippen LogP contribution in [0.2, 0.25) is 0 Å². The van der Waals surface area contributed by atoms with Gasteiger partial charge in [-0.05, 0) is 69.8 Å². The van der Waals surface area contributed by atoms with Crippen LogP contribution in [0, 0.1) is 5.92 Å². The van der Waals surface area contributed by atoms with Crippen LogP contribution in [0.1, 0.15) is 141 Å². The lowest BCUT2D eigenvalue weighted by Gasteiger charge is -2.30. The Balaban J connectivity index is 2.28. The SMILES string of the molecule is CCCCCCCCCC(=O)N[C@@H](COc1ccccc1)C(=O)N[C@H](CC(N)=O)C(=O)N[C@@H](CC(=O)O)C(=O)N[C@@H]1C(=O)NCC(=O)N[C@@H](CCCN)C(=O)N[C@@H](CC(=O)O)C(=O)N[C@H](C)C(=O)N[C@@H](CC(=O)O)C(=O)NCC(=O)N[C@H](CO)C(=O)N[C@@H]([C@H](C)CC(=O)O)C(=O)N[C@@H](CC(=O)c2ccccc2N)C(=O)O[C@@H]1C. The predicted octanol–water partition coefficient (Wildman–Crippen LogP) is -6.27. The number of amides is 14. The molecule has 2 aromatic carbocycles. The molecule has 3 rings (SSSR count). The van der Waals surface area contributed by atoms with Gasteiger partial charge in [0.05, 0.1) is 51.8 Å². The number of carboxylic acids is 4. The summed E-state index contributed by atoms with van der Waals surface area (Å²) in [6.07, 6.45) is -3.86. The number of hydrogen-bond donors (Lipinski definition) is 21. The number of nitrogen functional groups attached to an aromatic ring is 1. The maximum Gasteiger partial charge on any atom is 0.329 e. The smallest absolute Gasteiger partial charge is 0.329 e. The van der Waals surface area contributed by atoms with Gasteiger partial charge in [0.1, 0.15) is 84.9 Å². The third kappa shape index (κ3) is 35.0. The molecule has 1 aliphatic heterocycles. The van der Waals surface area contributed by atoms with Gasteiger partial charge < -0.3 is 121 Å².